The zero-order valence-electron chi connectivity index (χ0n) is 31.2. The fourth-order valence-electron chi connectivity index (χ4n) is 11.2. The van der Waals surface area contributed by atoms with Crippen molar-refractivity contribution in [2.45, 2.75) is 147 Å². The highest BCUT2D eigenvalue weighted by Crippen LogP contribution is 2.78. The highest BCUT2D eigenvalue weighted by Gasteiger charge is 2.84. The number of carbonyl (C=O) groups excluding carboxylic acids is 3. The summed E-state index contributed by atoms with van der Waals surface area (Å²) in [5, 5.41) is 12.0. The summed E-state index contributed by atoms with van der Waals surface area (Å²) >= 11 is 0. The van der Waals surface area contributed by atoms with Gasteiger partial charge in [0.1, 0.15) is 30.0 Å². The molecule has 4 aliphatic carbocycles. The third-order valence-corrected chi connectivity index (χ3v) is 13.6. The molecular weight excluding hydrogens is 684 g/mol. The smallest absolute Gasteiger partial charge is 0.335 e. The van der Waals surface area contributed by atoms with Crippen LogP contribution in [0.3, 0.4) is 0 Å². The number of ether oxygens (including phenoxy) is 3. The number of carboxylic acid groups (broad SMARTS) is 1. The fraction of sp³-hybridized carbons (Fsp3) is 0.744. The Morgan fingerprint density at radius 3 is 2.47 bits per heavy atom. The first-order valence-electron chi connectivity index (χ1n) is 19.4. The first-order chi connectivity index (χ1) is 25.2. The van der Waals surface area contributed by atoms with E-state index in [1.54, 1.807) is 0 Å². The van der Waals surface area contributed by atoms with Gasteiger partial charge in [-0.2, -0.15) is 0 Å². The number of epoxide rings is 1. The molecule has 0 bridgehead atoms. The largest absolute Gasteiger partial charge is 0.480 e. The van der Waals surface area contributed by atoms with Crippen LogP contribution in [-0.2, 0) is 33.4 Å². The minimum absolute atomic E-state index is 0.0611. The first-order valence-corrected chi connectivity index (χ1v) is 19.4. The van der Waals surface area contributed by atoms with Crippen molar-refractivity contribution in [3.63, 3.8) is 0 Å². The molecule has 5 fully saturated rings. The van der Waals surface area contributed by atoms with Crippen LogP contribution < -0.4 is 22.4 Å². The summed E-state index contributed by atoms with van der Waals surface area (Å²) in [5.41, 5.74) is 10.4. The number of carboxylic acids is 1. The molecule has 2 heterocycles. The molecule has 0 aromatic carbocycles. The monoisotopic (exact) mass is 740 g/mol. The average Bonchev–Trinajstić information content (AvgIpc) is 3.80. The molecule has 6 N–H and O–H groups in total. The van der Waals surface area contributed by atoms with Crippen molar-refractivity contribution in [3.8, 4) is 0 Å². The molecule has 0 unspecified atom stereocenters. The SMILES string of the molecule is CC(=O)O[C@H]1[C@H]2O[C@]23[C@@H]2CC[C@@H]4C[C@@H](OC(=O)CCCCCC(=O)N[C@@H](CCCN=C(N)N)C(=O)O)CC[C@]4(C)[C@H]2CC[C@]3(C)[C@H]1c1ccc(=O)oc1. The number of nitrogens with two attached hydrogens (primary N) is 2. The lowest BCUT2D eigenvalue weighted by Crippen LogP contribution is -2.58. The molecule has 1 spiro atoms. The standard InChI is InChI=1S/C39H56N4O10/c1-22(44)51-33-32(23-11-14-30(46)50-21-23)38(3)18-16-26-27(39(38)34(33)53-39)13-12-24-20-25(15-17-37(24,26)2)52-31(47)10-6-4-5-9-29(45)43-28(35(48)49)8-7-19-42-36(40)41/h11,14,21,24-28,32-34H,4-10,12-13,15-20H2,1-3H3,(H,43,45)(H,48,49)(H4,40,41,42)/t24-,25+,26+,27-,28+,32+,33-,34-,37+,38-,39-/m1/s1. The van der Waals surface area contributed by atoms with Gasteiger partial charge in [-0.15, -0.1) is 0 Å². The lowest BCUT2D eigenvalue weighted by molar-refractivity contribution is -0.168. The van der Waals surface area contributed by atoms with E-state index in [1.807, 2.05) is 6.07 Å². The van der Waals surface area contributed by atoms with Crippen LogP contribution in [0.1, 0.15) is 122 Å². The van der Waals surface area contributed by atoms with Crippen LogP contribution in [0.25, 0.3) is 0 Å². The van der Waals surface area contributed by atoms with Gasteiger partial charge in [-0.1, -0.05) is 20.3 Å². The van der Waals surface area contributed by atoms with Gasteiger partial charge in [-0.05, 0) is 105 Å². The van der Waals surface area contributed by atoms with E-state index >= 15 is 0 Å². The molecule has 1 aromatic heterocycles. The Morgan fingerprint density at radius 1 is 1.00 bits per heavy atom. The number of carbonyl (C=O) groups is 4. The molecule has 5 aliphatic rings. The van der Waals surface area contributed by atoms with E-state index in [1.165, 1.54) is 19.3 Å². The van der Waals surface area contributed by atoms with Crippen LogP contribution in [0, 0.1) is 28.6 Å². The lowest BCUT2D eigenvalue weighted by Gasteiger charge is -2.61. The molecule has 1 amide bonds. The van der Waals surface area contributed by atoms with Crippen molar-refractivity contribution in [2.24, 2.45) is 45.0 Å². The van der Waals surface area contributed by atoms with Crippen molar-refractivity contribution < 1.29 is 42.9 Å². The summed E-state index contributed by atoms with van der Waals surface area (Å²) in [6.07, 6.45) is 10.3. The quantitative estimate of drug-likeness (QED) is 0.0660. The molecule has 14 heteroatoms. The fourth-order valence-corrected chi connectivity index (χ4v) is 11.2. The van der Waals surface area contributed by atoms with Gasteiger partial charge in [0.25, 0.3) is 0 Å². The predicted molar refractivity (Wildman–Crippen MR) is 192 cm³/mol. The van der Waals surface area contributed by atoms with Gasteiger partial charge in [0.15, 0.2) is 5.96 Å². The van der Waals surface area contributed by atoms with E-state index in [0.717, 1.165) is 50.5 Å². The molecule has 4 saturated carbocycles. The van der Waals surface area contributed by atoms with Gasteiger partial charge in [-0.3, -0.25) is 19.4 Å². The highest BCUT2D eigenvalue weighted by atomic mass is 16.7. The number of esters is 2. The van der Waals surface area contributed by atoms with Crippen LogP contribution in [0.2, 0.25) is 0 Å². The number of nitrogens with one attached hydrogen (secondary N) is 1. The summed E-state index contributed by atoms with van der Waals surface area (Å²) in [4.78, 5) is 64.7. The summed E-state index contributed by atoms with van der Waals surface area (Å²) in [6, 6.07) is 2.25. The van der Waals surface area contributed by atoms with Crippen LogP contribution in [0.15, 0.2) is 32.6 Å². The van der Waals surface area contributed by atoms with Gasteiger partial charge in [-0.25, -0.2) is 9.59 Å². The summed E-state index contributed by atoms with van der Waals surface area (Å²) < 4.78 is 24.0. The molecule has 14 nitrogen and oxygen atoms in total. The number of amides is 1. The molecule has 1 aliphatic heterocycles. The van der Waals surface area contributed by atoms with E-state index in [0.29, 0.717) is 43.4 Å². The molecule has 1 saturated heterocycles. The number of fused-ring (bicyclic) bond motifs is 3. The second-order valence-corrected chi connectivity index (χ2v) is 16.6. The van der Waals surface area contributed by atoms with Crippen molar-refractivity contribution in [1.82, 2.24) is 5.32 Å². The number of hydrogen-bond acceptors (Lipinski definition) is 10. The van der Waals surface area contributed by atoms with Crippen LogP contribution in [0.4, 0.5) is 0 Å². The highest BCUT2D eigenvalue weighted by molar-refractivity contribution is 5.83. The van der Waals surface area contributed by atoms with Gasteiger partial charge in [0, 0.05) is 43.7 Å². The van der Waals surface area contributed by atoms with Gasteiger partial charge < -0.3 is 40.5 Å². The Hall–Kier alpha value is -3.94. The minimum Gasteiger partial charge on any atom is -0.480 e. The normalized spacial score (nSPS) is 35.6. The summed E-state index contributed by atoms with van der Waals surface area (Å²) in [7, 11) is 0. The second-order valence-electron chi connectivity index (χ2n) is 16.6. The van der Waals surface area contributed by atoms with E-state index in [9.17, 15) is 29.1 Å². The third kappa shape index (κ3) is 7.57. The van der Waals surface area contributed by atoms with E-state index < -0.39 is 29.3 Å². The zero-order valence-corrected chi connectivity index (χ0v) is 31.2. The summed E-state index contributed by atoms with van der Waals surface area (Å²) in [6.45, 7) is 6.42. The van der Waals surface area contributed by atoms with Crippen molar-refractivity contribution in [2.75, 3.05) is 6.54 Å². The Kier molecular flexibility index (Phi) is 11.3. The number of aliphatic carboxylic acids is 1. The number of rotatable bonds is 15. The summed E-state index contributed by atoms with van der Waals surface area (Å²) in [5.74, 6) is -0.998. The van der Waals surface area contributed by atoms with Crippen molar-refractivity contribution in [1.29, 1.82) is 0 Å². The van der Waals surface area contributed by atoms with Crippen molar-refractivity contribution >= 4 is 29.8 Å². The average molecular weight is 741 g/mol. The lowest BCUT2D eigenvalue weighted by atomic mass is 9.44. The molecule has 1 aromatic rings. The van der Waals surface area contributed by atoms with E-state index in [4.69, 9.17) is 30.1 Å². The zero-order chi connectivity index (χ0) is 38.1. The Morgan fingerprint density at radius 2 is 1.77 bits per heavy atom. The number of hydrogen-bond donors (Lipinski definition) is 4. The number of aliphatic imine (C=N–C) groups is 1. The number of unbranched alkanes of at least 4 members (excludes halogenated alkanes) is 2. The molecule has 53 heavy (non-hydrogen) atoms. The molecule has 11 atom stereocenters. The van der Waals surface area contributed by atoms with Crippen LogP contribution in [0.5, 0.6) is 0 Å². The van der Waals surface area contributed by atoms with Gasteiger partial charge >= 0.3 is 23.5 Å². The Balaban J connectivity index is 0.975. The van der Waals surface area contributed by atoms with Crippen LogP contribution in [-0.4, -0.2) is 71.4 Å². The van der Waals surface area contributed by atoms with Crippen molar-refractivity contribution in [3.05, 3.63) is 34.4 Å². The maximum absolute atomic E-state index is 12.9. The molecule has 292 valence electrons. The first kappa shape index (κ1) is 38.8. The second kappa shape index (κ2) is 15.4. The minimum atomic E-state index is -1.10. The predicted octanol–water partition coefficient (Wildman–Crippen LogP) is 3.92. The Labute approximate surface area is 310 Å². The van der Waals surface area contributed by atoms with E-state index in [2.05, 4.69) is 24.2 Å². The third-order valence-electron chi connectivity index (χ3n) is 13.6. The number of guanidine groups is 1. The molecule has 6 rings (SSSR count). The van der Waals surface area contributed by atoms with Crippen LogP contribution >= 0.6 is 0 Å². The molecule has 0 radical (unpaired) electrons. The number of nitrogens with zero attached hydrogens (tertiary/aromatic N) is 1. The topological polar surface area (TPSA) is 226 Å². The maximum atomic E-state index is 12.9. The van der Waals surface area contributed by atoms with E-state index in [-0.39, 0.29) is 78.6 Å². The maximum Gasteiger partial charge on any atom is 0.335 e. The van der Waals surface area contributed by atoms with Gasteiger partial charge in [0.05, 0.1) is 6.26 Å². The molecular formula is C39H56N4O10. The van der Waals surface area contributed by atoms with Gasteiger partial charge in [0.2, 0.25) is 5.91 Å². The Bertz CT molecular complexity index is 1620.